The summed E-state index contributed by atoms with van der Waals surface area (Å²) in [4.78, 5) is 30.9. The molecule has 1 amide bonds. The number of hydrogen-bond acceptors (Lipinski definition) is 5. The van der Waals surface area contributed by atoms with E-state index in [9.17, 15) is 9.59 Å². The molecule has 0 atom stereocenters. The van der Waals surface area contributed by atoms with Gasteiger partial charge in [0.05, 0.1) is 24.4 Å². The summed E-state index contributed by atoms with van der Waals surface area (Å²) >= 11 is 0. The van der Waals surface area contributed by atoms with E-state index in [0.717, 1.165) is 0 Å². The Morgan fingerprint density at radius 1 is 1.40 bits per heavy atom. The number of aliphatic hydroxyl groups excluding tert-OH is 2. The number of carbonyl (C=O) groups excluding carboxylic acids is 1. The van der Waals surface area contributed by atoms with E-state index in [0.29, 0.717) is 11.5 Å². The first-order chi connectivity index (χ1) is 9.24. The second kappa shape index (κ2) is 6.15. The van der Waals surface area contributed by atoms with Gasteiger partial charge < -0.3 is 20.5 Å². The molecule has 7 nitrogen and oxygen atoms in total. The van der Waals surface area contributed by atoms with Crippen LogP contribution in [0.25, 0.3) is 0 Å². The molecule has 0 aliphatic carbocycles. The number of hydrogen-bond donors (Lipinski definition) is 4. The molecule has 0 spiro atoms. The zero-order chi connectivity index (χ0) is 15.5. The average molecular weight is 283 g/mol. The molecule has 0 unspecified atom stereocenters. The third-order valence-corrected chi connectivity index (χ3v) is 3.01. The van der Waals surface area contributed by atoms with E-state index >= 15 is 0 Å². The summed E-state index contributed by atoms with van der Waals surface area (Å²) in [5.74, 6) is -0.119. The largest absolute Gasteiger partial charge is 0.394 e. The molecule has 0 radical (unpaired) electrons. The number of aliphatic hydroxyl groups is 2. The molecule has 0 aromatic carbocycles. The molecule has 1 rings (SSSR count). The Kier molecular flexibility index (Phi) is 5.02. The van der Waals surface area contributed by atoms with Gasteiger partial charge in [0, 0.05) is 5.92 Å². The van der Waals surface area contributed by atoms with Crippen LogP contribution in [0.3, 0.4) is 0 Å². The molecule has 0 saturated carbocycles. The molecule has 7 heteroatoms. The molecular weight excluding hydrogens is 262 g/mol. The highest BCUT2D eigenvalue weighted by molar-refractivity contribution is 5.95. The molecule has 20 heavy (non-hydrogen) atoms. The van der Waals surface area contributed by atoms with E-state index in [1.54, 1.807) is 6.92 Å². The highest BCUT2D eigenvalue weighted by Gasteiger charge is 2.27. The summed E-state index contributed by atoms with van der Waals surface area (Å²) in [6, 6.07) is 0. The van der Waals surface area contributed by atoms with Gasteiger partial charge in [0.15, 0.2) is 0 Å². The lowest BCUT2D eigenvalue weighted by atomic mass is 10.0. The van der Waals surface area contributed by atoms with Gasteiger partial charge in [-0.15, -0.1) is 0 Å². The number of rotatable bonds is 5. The van der Waals surface area contributed by atoms with Gasteiger partial charge in [0.2, 0.25) is 0 Å². The first-order valence-electron chi connectivity index (χ1n) is 6.39. The fourth-order valence-corrected chi connectivity index (χ4v) is 1.61. The molecule has 1 aromatic rings. The fourth-order valence-electron chi connectivity index (χ4n) is 1.61. The third kappa shape index (κ3) is 3.43. The van der Waals surface area contributed by atoms with Crippen LogP contribution >= 0.6 is 0 Å². The minimum absolute atomic E-state index is 0.0404. The van der Waals surface area contributed by atoms with Crippen molar-refractivity contribution in [1.29, 1.82) is 0 Å². The Morgan fingerprint density at radius 2 is 1.95 bits per heavy atom. The highest BCUT2D eigenvalue weighted by atomic mass is 16.3. The molecule has 0 aliphatic heterocycles. The maximum atomic E-state index is 12.1. The molecule has 0 aliphatic rings. The van der Waals surface area contributed by atoms with Crippen LogP contribution in [-0.4, -0.2) is 44.8 Å². The van der Waals surface area contributed by atoms with Crippen molar-refractivity contribution in [2.75, 3.05) is 13.2 Å². The van der Waals surface area contributed by atoms with Crippen molar-refractivity contribution in [1.82, 2.24) is 15.3 Å². The smallest absolute Gasteiger partial charge is 0.264 e. The first kappa shape index (κ1) is 16.3. The second-order valence-electron chi connectivity index (χ2n) is 5.40. The Balaban J connectivity index is 3.15. The summed E-state index contributed by atoms with van der Waals surface area (Å²) in [5, 5.41) is 20.8. The second-order valence-corrected chi connectivity index (χ2v) is 5.40. The maximum Gasteiger partial charge on any atom is 0.264 e. The van der Waals surface area contributed by atoms with E-state index in [4.69, 9.17) is 10.2 Å². The van der Waals surface area contributed by atoms with E-state index in [2.05, 4.69) is 15.3 Å². The van der Waals surface area contributed by atoms with Crippen LogP contribution in [0.15, 0.2) is 4.79 Å². The lowest BCUT2D eigenvalue weighted by Crippen LogP contribution is -2.52. The molecular formula is C13H21N3O4. The van der Waals surface area contributed by atoms with Crippen molar-refractivity contribution >= 4 is 5.91 Å². The molecule has 4 N–H and O–H groups in total. The van der Waals surface area contributed by atoms with Gasteiger partial charge in [-0.05, 0) is 13.8 Å². The van der Waals surface area contributed by atoms with Crippen molar-refractivity contribution in [2.24, 2.45) is 0 Å². The fraction of sp³-hybridized carbons (Fsp3) is 0.615. The number of nitrogens with zero attached hydrogens (tertiary/aromatic N) is 1. The highest BCUT2D eigenvalue weighted by Crippen LogP contribution is 2.10. The van der Waals surface area contributed by atoms with Crippen molar-refractivity contribution in [3.05, 3.63) is 27.4 Å². The summed E-state index contributed by atoms with van der Waals surface area (Å²) in [6.45, 7) is 5.93. The zero-order valence-electron chi connectivity index (χ0n) is 12.1. The molecule has 0 fully saturated rings. The summed E-state index contributed by atoms with van der Waals surface area (Å²) in [5.41, 5.74) is -1.51. The van der Waals surface area contributed by atoms with Crippen LogP contribution in [0.1, 0.15) is 48.6 Å². The average Bonchev–Trinajstić information content (AvgIpc) is 2.37. The minimum atomic E-state index is -1.19. The normalized spacial score (nSPS) is 11.8. The van der Waals surface area contributed by atoms with Gasteiger partial charge in [-0.2, -0.15) is 0 Å². The van der Waals surface area contributed by atoms with Gasteiger partial charge in [0.1, 0.15) is 11.4 Å². The van der Waals surface area contributed by atoms with Crippen molar-refractivity contribution in [3.8, 4) is 0 Å². The summed E-state index contributed by atoms with van der Waals surface area (Å²) in [7, 11) is 0. The summed E-state index contributed by atoms with van der Waals surface area (Å²) in [6.07, 6.45) is 0. The van der Waals surface area contributed by atoms with E-state index < -0.39 is 30.2 Å². The predicted molar refractivity (Wildman–Crippen MR) is 73.7 cm³/mol. The molecule has 0 bridgehead atoms. The molecule has 1 heterocycles. The number of aromatic nitrogens is 2. The Labute approximate surface area is 117 Å². The summed E-state index contributed by atoms with van der Waals surface area (Å²) < 4.78 is 0. The van der Waals surface area contributed by atoms with Crippen LogP contribution in [0.2, 0.25) is 0 Å². The van der Waals surface area contributed by atoms with E-state index in [1.807, 2.05) is 13.8 Å². The Morgan fingerprint density at radius 3 is 2.35 bits per heavy atom. The minimum Gasteiger partial charge on any atom is -0.394 e. The van der Waals surface area contributed by atoms with Crippen molar-refractivity contribution < 1.29 is 15.0 Å². The predicted octanol–water partition coefficient (Wildman–Crippen LogP) is -0.325. The molecule has 1 aromatic heterocycles. The van der Waals surface area contributed by atoms with Crippen LogP contribution in [0.5, 0.6) is 0 Å². The SMILES string of the molecule is Cc1nc(C(C)C)[nH]c(=O)c1C(=O)NC(C)(CO)CO. The van der Waals surface area contributed by atoms with E-state index in [1.165, 1.54) is 6.92 Å². The maximum absolute atomic E-state index is 12.1. The Bertz CT molecular complexity index is 547. The molecule has 112 valence electrons. The Hall–Kier alpha value is -1.73. The standard InChI is InChI=1S/C13H21N3O4/c1-7(2)10-14-8(3)9(11(19)15-10)12(20)16-13(4,5-17)6-18/h7,17-18H,5-6H2,1-4H3,(H,16,20)(H,14,15,19). The van der Waals surface area contributed by atoms with Crippen LogP contribution in [0, 0.1) is 6.92 Å². The topological polar surface area (TPSA) is 115 Å². The van der Waals surface area contributed by atoms with E-state index in [-0.39, 0.29) is 11.5 Å². The number of amides is 1. The number of H-pyrrole nitrogens is 1. The van der Waals surface area contributed by atoms with Gasteiger partial charge in [-0.3, -0.25) is 9.59 Å². The monoisotopic (exact) mass is 283 g/mol. The lowest BCUT2D eigenvalue weighted by Gasteiger charge is -2.26. The van der Waals surface area contributed by atoms with Crippen molar-refractivity contribution in [3.63, 3.8) is 0 Å². The van der Waals surface area contributed by atoms with Crippen LogP contribution in [-0.2, 0) is 0 Å². The molecule has 0 saturated heterocycles. The van der Waals surface area contributed by atoms with Crippen molar-refractivity contribution in [2.45, 2.75) is 39.2 Å². The number of nitrogens with one attached hydrogen (secondary N) is 2. The van der Waals surface area contributed by atoms with Gasteiger partial charge in [0.25, 0.3) is 11.5 Å². The van der Waals surface area contributed by atoms with Crippen LogP contribution in [0.4, 0.5) is 0 Å². The van der Waals surface area contributed by atoms with Crippen LogP contribution < -0.4 is 10.9 Å². The van der Waals surface area contributed by atoms with Gasteiger partial charge >= 0.3 is 0 Å². The quantitative estimate of drug-likeness (QED) is 0.591. The number of carbonyl (C=O) groups is 1. The lowest BCUT2D eigenvalue weighted by molar-refractivity contribution is 0.0721. The number of aromatic amines is 1. The van der Waals surface area contributed by atoms with Gasteiger partial charge in [-0.1, -0.05) is 13.8 Å². The third-order valence-electron chi connectivity index (χ3n) is 3.01. The zero-order valence-corrected chi connectivity index (χ0v) is 12.1. The van der Waals surface area contributed by atoms with Gasteiger partial charge in [-0.25, -0.2) is 4.98 Å². The first-order valence-corrected chi connectivity index (χ1v) is 6.39. The number of aryl methyl sites for hydroxylation is 1.